The molecule has 5 rings (SSSR count). The lowest BCUT2D eigenvalue weighted by Gasteiger charge is -2.30. The fourth-order valence-corrected chi connectivity index (χ4v) is 6.04. The number of fused-ring (bicyclic) bond motifs is 2. The van der Waals surface area contributed by atoms with E-state index in [1.54, 1.807) is 25.1 Å². The third kappa shape index (κ3) is 4.50. The molecule has 3 aromatic carbocycles. The van der Waals surface area contributed by atoms with E-state index in [-0.39, 0.29) is 17.1 Å². The number of aryl methyl sites for hydroxylation is 2. The van der Waals surface area contributed by atoms with Crippen molar-refractivity contribution in [2.75, 3.05) is 10.8 Å². The lowest BCUT2D eigenvalue weighted by Crippen LogP contribution is -2.35. The maximum atomic E-state index is 13.3. The average molecular weight is 524 g/mol. The number of para-hydroxylation sites is 1. The highest BCUT2D eigenvalue weighted by atomic mass is 35.5. The monoisotopic (exact) mass is 523 g/mol. The number of ether oxygens (including phenoxy) is 1. The van der Waals surface area contributed by atoms with Gasteiger partial charge in [0, 0.05) is 28.6 Å². The Morgan fingerprint density at radius 1 is 1.08 bits per heavy atom. The summed E-state index contributed by atoms with van der Waals surface area (Å²) in [5, 5.41) is 1.07. The van der Waals surface area contributed by atoms with Crippen LogP contribution >= 0.6 is 11.6 Å². The van der Waals surface area contributed by atoms with Crippen LogP contribution in [0.2, 0.25) is 5.02 Å². The van der Waals surface area contributed by atoms with E-state index in [2.05, 4.69) is 0 Å². The Morgan fingerprint density at radius 3 is 2.61 bits per heavy atom. The molecule has 0 spiro atoms. The van der Waals surface area contributed by atoms with Crippen molar-refractivity contribution >= 4 is 44.3 Å². The molecule has 0 unspecified atom stereocenters. The first-order valence-electron chi connectivity index (χ1n) is 11.3. The highest BCUT2D eigenvalue weighted by molar-refractivity contribution is 7.92. The maximum absolute atomic E-state index is 13.3. The smallest absolute Gasteiger partial charge is 0.338 e. The zero-order chi connectivity index (χ0) is 25.4. The Balaban J connectivity index is 1.35. The van der Waals surface area contributed by atoms with Crippen LogP contribution < -0.4 is 9.93 Å². The largest absolute Gasteiger partial charge is 0.457 e. The minimum absolute atomic E-state index is 0.0902. The van der Waals surface area contributed by atoms with Gasteiger partial charge < -0.3 is 9.15 Å². The fourth-order valence-electron chi connectivity index (χ4n) is 4.33. The van der Waals surface area contributed by atoms with Gasteiger partial charge in [-0.2, -0.15) is 0 Å². The maximum Gasteiger partial charge on any atom is 0.338 e. The molecule has 9 heteroatoms. The number of hydrogen-bond acceptors (Lipinski definition) is 6. The van der Waals surface area contributed by atoms with Gasteiger partial charge >= 0.3 is 11.6 Å². The van der Waals surface area contributed by atoms with Crippen LogP contribution in [0.1, 0.15) is 33.5 Å². The van der Waals surface area contributed by atoms with Crippen molar-refractivity contribution in [3.05, 3.63) is 104 Å². The lowest BCUT2D eigenvalue weighted by atomic mass is 10.0. The Kier molecular flexibility index (Phi) is 6.32. The van der Waals surface area contributed by atoms with Gasteiger partial charge in [-0.05, 0) is 73.4 Å². The van der Waals surface area contributed by atoms with Crippen molar-refractivity contribution in [2.45, 2.75) is 31.3 Å². The fraction of sp³-hybridized carbons (Fsp3) is 0.185. The number of benzene rings is 3. The predicted octanol–water partition coefficient (Wildman–Crippen LogP) is 5.25. The molecule has 0 N–H and O–H groups in total. The summed E-state index contributed by atoms with van der Waals surface area (Å²) in [4.78, 5) is 24.7. The third-order valence-electron chi connectivity index (χ3n) is 6.21. The molecule has 7 nitrogen and oxygen atoms in total. The number of esters is 1. The first kappa shape index (κ1) is 24.1. The van der Waals surface area contributed by atoms with E-state index in [9.17, 15) is 18.0 Å². The van der Waals surface area contributed by atoms with Crippen LogP contribution in [0.5, 0.6) is 0 Å². The molecule has 0 fully saturated rings. The van der Waals surface area contributed by atoms with Crippen molar-refractivity contribution in [2.24, 2.45) is 0 Å². The number of carbonyl (C=O) groups excluding carboxylic acids is 1. The van der Waals surface area contributed by atoms with Gasteiger partial charge in [-0.3, -0.25) is 4.31 Å². The zero-order valence-electron chi connectivity index (χ0n) is 19.4. The summed E-state index contributed by atoms with van der Waals surface area (Å²) in [7, 11) is -3.79. The van der Waals surface area contributed by atoms with E-state index >= 15 is 0 Å². The number of anilines is 1. The molecule has 4 aromatic rings. The van der Waals surface area contributed by atoms with Crippen LogP contribution in [0.25, 0.3) is 11.0 Å². The summed E-state index contributed by atoms with van der Waals surface area (Å²) >= 11 is 6.21. The van der Waals surface area contributed by atoms with E-state index in [0.29, 0.717) is 33.8 Å². The van der Waals surface area contributed by atoms with Crippen LogP contribution in [0.4, 0.5) is 5.69 Å². The Hall–Kier alpha value is -3.62. The normalized spacial score (nSPS) is 13.4. The highest BCUT2D eigenvalue weighted by Gasteiger charge is 2.29. The summed E-state index contributed by atoms with van der Waals surface area (Å²) in [5.41, 5.74) is 2.86. The van der Waals surface area contributed by atoms with Crippen LogP contribution in [-0.2, 0) is 27.8 Å². The zero-order valence-corrected chi connectivity index (χ0v) is 20.9. The summed E-state index contributed by atoms with van der Waals surface area (Å²) in [6.45, 7) is 2.01. The standard InChI is InChI=1S/C27H22ClNO6S/c1-17-13-25-22(15-23(17)28)20(14-26(30)35-25)16-34-27(31)19-8-10-21(11-9-19)36(32,33)29-12-4-6-18-5-2-3-7-24(18)29/h2-3,5,7-11,13-15H,4,6,12,16H2,1H3. The molecule has 0 saturated heterocycles. The van der Waals surface area contributed by atoms with Crippen LogP contribution in [0.3, 0.4) is 0 Å². The molecule has 0 aliphatic carbocycles. The van der Waals surface area contributed by atoms with Crippen molar-refractivity contribution in [1.29, 1.82) is 0 Å². The molecule has 2 heterocycles. The molecule has 36 heavy (non-hydrogen) atoms. The number of nitrogens with zero attached hydrogens (tertiary/aromatic N) is 1. The second kappa shape index (κ2) is 9.44. The van der Waals surface area contributed by atoms with Crippen molar-refractivity contribution in [3.8, 4) is 0 Å². The molecule has 0 saturated carbocycles. The summed E-state index contributed by atoms with van der Waals surface area (Å²) in [5.74, 6) is -0.651. The Morgan fingerprint density at radius 2 is 1.83 bits per heavy atom. The molecular weight excluding hydrogens is 502 g/mol. The van der Waals surface area contributed by atoms with E-state index in [1.165, 1.54) is 34.6 Å². The van der Waals surface area contributed by atoms with Gasteiger partial charge in [-0.15, -0.1) is 0 Å². The van der Waals surface area contributed by atoms with Crippen LogP contribution in [-0.4, -0.2) is 20.9 Å². The lowest BCUT2D eigenvalue weighted by molar-refractivity contribution is 0.0473. The molecule has 1 aromatic heterocycles. The number of halogens is 1. The van der Waals surface area contributed by atoms with E-state index in [0.717, 1.165) is 24.0 Å². The topological polar surface area (TPSA) is 93.9 Å². The first-order valence-corrected chi connectivity index (χ1v) is 13.2. The number of carbonyl (C=O) groups is 1. The summed E-state index contributed by atoms with van der Waals surface area (Å²) in [6, 6.07) is 17.7. The van der Waals surface area contributed by atoms with Gasteiger partial charge in [-0.25, -0.2) is 18.0 Å². The number of sulfonamides is 1. The number of hydrogen-bond donors (Lipinski definition) is 0. The van der Waals surface area contributed by atoms with E-state index in [1.807, 2.05) is 18.2 Å². The average Bonchev–Trinajstić information content (AvgIpc) is 2.87. The summed E-state index contributed by atoms with van der Waals surface area (Å²) in [6.07, 6.45) is 1.56. The summed E-state index contributed by atoms with van der Waals surface area (Å²) < 4.78 is 38.7. The van der Waals surface area contributed by atoms with Crippen LogP contribution in [0, 0.1) is 6.92 Å². The number of rotatable bonds is 5. The Labute approximate surface area is 212 Å². The third-order valence-corrected chi connectivity index (χ3v) is 8.45. The van der Waals surface area contributed by atoms with Crippen LogP contribution in [0.15, 0.2) is 80.8 Å². The molecule has 0 amide bonds. The predicted molar refractivity (Wildman–Crippen MR) is 137 cm³/mol. The Bertz CT molecular complexity index is 1640. The van der Waals surface area contributed by atoms with E-state index < -0.39 is 21.6 Å². The quantitative estimate of drug-likeness (QED) is 0.262. The van der Waals surface area contributed by atoms with Crippen molar-refractivity contribution in [1.82, 2.24) is 0 Å². The minimum Gasteiger partial charge on any atom is -0.457 e. The van der Waals surface area contributed by atoms with Gasteiger partial charge in [-0.1, -0.05) is 29.8 Å². The molecule has 0 bridgehead atoms. The first-order chi connectivity index (χ1) is 17.2. The van der Waals surface area contributed by atoms with Gasteiger partial charge in [0.2, 0.25) is 0 Å². The van der Waals surface area contributed by atoms with Gasteiger partial charge in [0.15, 0.2) is 0 Å². The molecule has 184 valence electrons. The SMILES string of the molecule is Cc1cc2oc(=O)cc(COC(=O)c3ccc(S(=O)(=O)N4CCCc5ccccc54)cc3)c2cc1Cl. The molecular formula is C27H22ClNO6S. The van der Waals surface area contributed by atoms with E-state index in [4.69, 9.17) is 20.8 Å². The molecule has 0 radical (unpaired) electrons. The second-order valence-electron chi connectivity index (χ2n) is 8.60. The molecule has 0 atom stereocenters. The van der Waals surface area contributed by atoms with Gasteiger partial charge in [0.05, 0.1) is 16.1 Å². The molecule has 1 aliphatic heterocycles. The second-order valence-corrected chi connectivity index (χ2v) is 10.9. The minimum atomic E-state index is -3.79. The highest BCUT2D eigenvalue weighted by Crippen LogP contribution is 2.32. The van der Waals surface area contributed by atoms with Gasteiger partial charge in [0.1, 0.15) is 12.2 Å². The molecule has 1 aliphatic rings. The van der Waals surface area contributed by atoms with Crippen molar-refractivity contribution in [3.63, 3.8) is 0 Å². The van der Waals surface area contributed by atoms with Crippen molar-refractivity contribution < 1.29 is 22.4 Å². The van der Waals surface area contributed by atoms with Gasteiger partial charge in [0.25, 0.3) is 10.0 Å².